The number of carboxylic acid groups (broad SMARTS) is 1. The van der Waals surface area contributed by atoms with Crippen molar-refractivity contribution in [2.45, 2.75) is 37.3 Å². The van der Waals surface area contributed by atoms with Gasteiger partial charge in [0.25, 0.3) is 0 Å². The van der Waals surface area contributed by atoms with Gasteiger partial charge in [-0.1, -0.05) is 24.3 Å². The standard InChI is InChI=1S/C24H26N2O6/c1-15(25-23(28)29)13-31-16-8-9-19-21(11-16)32-14-24(19)18-6-2-3-7-20(18)26(22(24)27)12-17-5-4-10-30-17/h2-3,6-9,11,15,17,25H,4-5,10,12-14H2,1H3,(H,28,29)/t15?,17-,24?/m1/s1. The molecule has 3 aliphatic heterocycles. The first-order valence-electron chi connectivity index (χ1n) is 10.9. The number of nitrogens with one attached hydrogen (secondary N) is 1. The number of amides is 2. The summed E-state index contributed by atoms with van der Waals surface area (Å²) in [5.41, 5.74) is 1.82. The Morgan fingerprint density at radius 3 is 2.94 bits per heavy atom. The highest BCUT2D eigenvalue weighted by Crippen LogP contribution is 2.53. The summed E-state index contributed by atoms with van der Waals surface area (Å²) in [5, 5.41) is 11.2. The molecule has 0 saturated carbocycles. The molecule has 32 heavy (non-hydrogen) atoms. The third-order valence-corrected chi connectivity index (χ3v) is 6.40. The molecular formula is C24H26N2O6. The van der Waals surface area contributed by atoms with E-state index in [1.807, 2.05) is 35.2 Å². The first kappa shape index (κ1) is 20.6. The smallest absolute Gasteiger partial charge is 0.404 e. The molecule has 168 valence electrons. The minimum atomic E-state index is -1.09. The number of rotatable bonds is 6. The quantitative estimate of drug-likeness (QED) is 0.720. The van der Waals surface area contributed by atoms with Crippen LogP contribution in [-0.2, 0) is 14.9 Å². The van der Waals surface area contributed by atoms with Gasteiger partial charge in [-0.05, 0) is 37.5 Å². The van der Waals surface area contributed by atoms with Crippen molar-refractivity contribution < 1.29 is 28.9 Å². The maximum atomic E-state index is 13.8. The van der Waals surface area contributed by atoms with Gasteiger partial charge in [-0.15, -0.1) is 0 Å². The lowest BCUT2D eigenvalue weighted by Gasteiger charge is -2.24. The summed E-state index contributed by atoms with van der Waals surface area (Å²) in [6.45, 7) is 3.44. The van der Waals surface area contributed by atoms with Gasteiger partial charge in [-0.25, -0.2) is 4.79 Å². The second-order valence-electron chi connectivity index (χ2n) is 8.58. The van der Waals surface area contributed by atoms with Gasteiger partial charge in [0.15, 0.2) is 0 Å². The molecule has 3 heterocycles. The average Bonchev–Trinajstić information content (AvgIpc) is 3.48. The van der Waals surface area contributed by atoms with E-state index < -0.39 is 11.5 Å². The van der Waals surface area contributed by atoms with Crippen LogP contribution >= 0.6 is 0 Å². The van der Waals surface area contributed by atoms with Crippen LogP contribution < -0.4 is 19.7 Å². The lowest BCUT2D eigenvalue weighted by Crippen LogP contribution is -2.44. The van der Waals surface area contributed by atoms with Crippen molar-refractivity contribution in [3.63, 3.8) is 0 Å². The minimum absolute atomic E-state index is 0.0147. The van der Waals surface area contributed by atoms with Crippen molar-refractivity contribution >= 4 is 17.7 Å². The van der Waals surface area contributed by atoms with Gasteiger partial charge < -0.3 is 29.5 Å². The van der Waals surface area contributed by atoms with E-state index >= 15 is 0 Å². The number of carbonyl (C=O) groups excluding carboxylic acids is 1. The number of hydrogen-bond donors (Lipinski definition) is 2. The zero-order valence-electron chi connectivity index (χ0n) is 17.9. The summed E-state index contributed by atoms with van der Waals surface area (Å²) in [6, 6.07) is 13.0. The predicted molar refractivity (Wildman–Crippen MR) is 117 cm³/mol. The molecule has 8 nitrogen and oxygen atoms in total. The Morgan fingerprint density at radius 1 is 1.31 bits per heavy atom. The summed E-state index contributed by atoms with van der Waals surface area (Å²) in [7, 11) is 0. The molecule has 0 aliphatic carbocycles. The summed E-state index contributed by atoms with van der Waals surface area (Å²) in [4.78, 5) is 26.4. The number of nitrogens with zero attached hydrogens (tertiary/aromatic N) is 1. The highest BCUT2D eigenvalue weighted by molar-refractivity contribution is 6.11. The van der Waals surface area contributed by atoms with E-state index in [-0.39, 0.29) is 31.3 Å². The van der Waals surface area contributed by atoms with Gasteiger partial charge in [0.2, 0.25) is 5.91 Å². The van der Waals surface area contributed by atoms with Crippen LogP contribution in [0.1, 0.15) is 30.9 Å². The number of hydrogen-bond acceptors (Lipinski definition) is 5. The molecule has 1 spiro atoms. The molecular weight excluding hydrogens is 412 g/mol. The Bertz CT molecular complexity index is 1050. The first-order chi connectivity index (χ1) is 15.5. The molecule has 2 amide bonds. The lowest BCUT2D eigenvalue weighted by atomic mass is 9.77. The van der Waals surface area contributed by atoms with Gasteiger partial charge in [0.1, 0.15) is 30.1 Å². The van der Waals surface area contributed by atoms with Crippen LogP contribution in [0.3, 0.4) is 0 Å². The van der Waals surface area contributed by atoms with Crippen molar-refractivity contribution in [3.8, 4) is 11.5 Å². The van der Waals surface area contributed by atoms with Crippen LogP contribution in [0.4, 0.5) is 10.5 Å². The van der Waals surface area contributed by atoms with Crippen molar-refractivity contribution in [2.24, 2.45) is 0 Å². The van der Waals surface area contributed by atoms with E-state index in [0.717, 1.165) is 36.3 Å². The van der Waals surface area contributed by atoms with E-state index in [4.69, 9.17) is 19.3 Å². The van der Waals surface area contributed by atoms with Crippen LogP contribution in [-0.4, -0.2) is 55.6 Å². The second kappa shape index (κ2) is 8.02. The van der Waals surface area contributed by atoms with Crippen molar-refractivity contribution in [3.05, 3.63) is 53.6 Å². The van der Waals surface area contributed by atoms with Crippen LogP contribution in [0.15, 0.2) is 42.5 Å². The van der Waals surface area contributed by atoms with E-state index in [1.165, 1.54) is 0 Å². The molecule has 2 aromatic rings. The Labute approximate surface area is 186 Å². The van der Waals surface area contributed by atoms with E-state index in [0.29, 0.717) is 18.0 Å². The molecule has 2 aromatic carbocycles. The fourth-order valence-electron chi connectivity index (χ4n) is 4.90. The molecule has 2 unspecified atom stereocenters. The van der Waals surface area contributed by atoms with Crippen molar-refractivity contribution in [1.82, 2.24) is 5.32 Å². The first-order valence-corrected chi connectivity index (χ1v) is 10.9. The molecule has 8 heteroatoms. The number of anilines is 1. The molecule has 5 rings (SSSR count). The molecule has 2 N–H and O–H groups in total. The van der Waals surface area contributed by atoms with Gasteiger partial charge >= 0.3 is 6.09 Å². The summed E-state index contributed by atoms with van der Waals surface area (Å²) >= 11 is 0. The lowest BCUT2D eigenvalue weighted by molar-refractivity contribution is -0.122. The molecule has 0 aromatic heterocycles. The normalized spacial score (nSPS) is 24.2. The van der Waals surface area contributed by atoms with E-state index in [2.05, 4.69) is 5.32 Å². The Kier molecular flexibility index (Phi) is 5.17. The van der Waals surface area contributed by atoms with E-state index in [9.17, 15) is 9.59 Å². The third-order valence-electron chi connectivity index (χ3n) is 6.40. The Balaban J connectivity index is 1.43. The average molecular weight is 438 g/mol. The predicted octanol–water partition coefficient (Wildman–Crippen LogP) is 2.93. The summed E-state index contributed by atoms with van der Waals surface area (Å²) in [5.74, 6) is 1.19. The Hall–Kier alpha value is -3.26. The van der Waals surface area contributed by atoms with Crippen molar-refractivity contribution in [1.29, 1.82) is 0 Å². The maximum absolute atomic E-state index is 13.8. The zero-order chi connectivity index (χ0) is 22.3. The number of ether oxygens (including phenoxy) is 3. The van der Waals surface area contributed by atoms with Gasteiger partial charge in [0, 0.05) is 23.9 Å². The number of carbonyl (C=O) groups is 2. The highest BCUT2D eigenvalue weighted by atomic mass is 16.5. The minimum Gasteiger partial charge on any atom is -0.491 e. The summed E-state index contributed by atoms with van der Waals surface area (Å²) < 4.78 is 17.6. The van der Waals surface area contributed by atoms with Crippen LogP contribution in [0, 0.1) is 0 Å². The van der Waals surface area contributed by atoms with Crippen molar-refractivity contribution in [2.75, 3.05) is 31.3 Å². The van der Waals surface area contributed by atoms with Gasteiger partial charge in [0.05, 0.1) is 18.7 Å². The molecule has 1 fully saturated rings. The van der Waals surface area contributed by atoms with Crippen LogP contribution in [0.2, 0.25) is 0 Å². The zero-order valence-corrected chi connectivity index (χ0v) is 17.9. The molecule has 0 bridgehead atoms. The molecule has 0 radical (unpaired) electrons. The monoisotopic (exact) mass is 438 g/mol. The van der Waals surface area contributed by atoms with Crippen LogP contribution in [0.5, 0.6) is 11.5 Å². The fourth-order valence-corrected chi connectivity index (χ4v) is 4.90. The molecule has 3 aliphatic rings. The SMILES string of the molecule is CC(COc1ccc2c(c1)OCC21C(=O)N(C[C@H]2CCCO2)c2ccccc21)NC(=O)O. The third kappa shape index (κ3) is 3.35. The maximum Gasteiger partial charge on any atom is 0.404 e. The highest BCUT2D eigenvalue weighted by Gasteiger charge is 2.57. The van der Waals surface area contributed by atoms with Gasteiger partial charge in [-0.3, -0.25) is 4.79 Å². The Morgan fingerprint density at radius 2 is 2.16 bits per heavy atom. The molecule has 3 atom stereocenters. The van der Waals surface area contributed by atoms with E-state index in [1.54, 1.807) is 19.1 Å². The van der Waals surface area contributed by atoms with Crippen LogP contribution in [0.25, 0.3) is 0 Å². The topological polar surface area (TPSA) is 97.3 Å². The number of para-hydroxylation sites is 1. The largest absolute Gasteiger partial charge is 0.491 e. The summed E-state index contributed by atoms with van der Waals surface area (Å²) in [6.07, 6.45) is 0.948. The number of benzene rings is 2. The fraction of sp³-hybridized carbons (Fsp3) is 0.417. The van der Waals surface area contributed by atoms with Gasteiger partial charge in [-0.2, -0.15) is 0 Å². The molecule has 1 saturated heterocycles. The second-order valence-corrected chi connectivity index (χ2v) is 8.58. The number of fused-ring (bicyclic) bond motifs is 4.